The number of carbonyl (C=O) groups excluding carboxylic acids is 4. The van der Waals surface area contributed by atoms with Gasteiger partial charge < -0.3 is 5.11 Å². The highest BCUT2D eigenvalue weighted by atomic mass is 35.5. The van der Waals surface area contributed by atoms with Crippen molar-refractivity contribution in [3.63, 3.8) is 0 Å². The van der Waals surface area contributed by atoms with Crippen molar-refractivity contribution in [1.82, 2.24) is 0 Å². The molecule has 0 spiro atoms. The maximum Gasteiger partial charge on any atom is 0.269 e. The topological polar surface area (TPSA) is 138 Å². The van der Waals surface area contributed by atoms with E-state index in [-0.39, 0.29) is 50.7 Å². The number of amides is 4. The van der Waals surface area contributed by atoms with E-state index in [1.54, 1.807) is 0 Å². The molecule has 0 radical (unpaired) electrons. The smallest absolute Gasteiger partial charge is 0.269 e. The number of phenolic OH excluding ortho intramolecular Hbond substituents is 1. The number of non-ortho nitro benzene ring substituents is 1. The van der Waals surface area contributed by atoms with Crippen molar-refractivity contribution in [1.29, 1.82) is 0 Å². The molecule has 0 aromatic heterocycles. The van der Waals surface area contributed by atoms with Gasteiger partial charge in [0, 0.05) is 18.1 Å². The number of rotatable bonds is 4. The molecule has 7 rings (SSSR count). The predicted molar refractivity (Wildman–Crippen MR) is 170 cm³/mol. The van der Waals surface area contributed by atoms with Gasteiger partial charge >= 0.3 is 0 Å². The van der Waals surface area contributed by atoms with E-state index in [0.29, 0.717) is 0 Å². The summed E-state index contributed by atoms with van der Waals surface area (Å²) in [5.74, 6) is -22.2. The summed E-state index contributed by atoms with van der Waals surface area (Å²) >= 11 is 14.3. The molecule has 2 saturated heterocycles. The molecular formula is C34H22Cl2F5N3O7. The molecule has 4 amide bonds. The maximum absolute atomic E-state index is 15.2. The molecule has 3 aromatic rings. The Kier molecular flexibility index (Phi) is 7.66. The Hall–Kier alpha value is -4.89. The lowest BCUT2D eigenvalue weighted by Gasteiger charge is -2.50. The number of fused-ring (bicyclic) bond motifs is 4. The average molecular weight is 750 g/mol. The van der Waals surface area contributed by atoms with Crippen molar-refractivity contribution in [3.05, 3.63) is 104 Å². The van der Waals surface area contributed by atoms with Crippen molar-refractivity contribution in [2.45, 2.75) is 42.4 Å². The summed E-state index contributed by atoms with van der Waals surface area (Å²) in [6, 6.07) is 7.43. The average Bonchev–Trinajstić information content (AvgIpc) is 3.43. The highest BCUT2D eigenvalue weighted by molar-refractivity contribution is 6.58. The summed E-state index contributed by atoms with van der Waals surface area (Å²) in [6.45, 7) is 3.02. The van der Waals surface area contributed by atoms with E-state index >= 15 is 8.78 Å². The Morgan fingerprint density at radius 3 is 1.92 bits per heavy atom. The first-order chi connectivity index (χ1) is 23.9. The van der Waals surface area contributed by atoms with Crippen LogP contribution in [0, 0.1) is 70.8 Å². The monoisotopic (exact) mass is 749 g/mol. The number of imide groups is 2. The third-order valence-electron chi connectivity index (χ3n) is 10.4. The van der Waals surface area contributed by atoms with Crippen LogP contribution in [-0.4, -0.2) is 43.4 Å². The van der Waals surface area contributed by atoms with Gasteiger partial charge in [0.25, 0.3) is 17.5 Å². The molecular weight excluding hydrogens is 728 g/mol. The van der Waals surface area contributed by atoms with E-state index in [1.165, 1.54) is 44.2 Å². The van der Waals surface area contributed by atoms with Crippen LogP contribution < -0.4 is 9.80 Å². The molecule has 1 saturated carbocycles. The first kappa shape index (κ1) is 34.6. The first-order valence-corrected chi connectivity index (χ1v) is 16.0. The van der Waals surface area contributed by atoms with Crippen LogP contribution in [0.4, 0.5) is 39.0 Å². The molecule has 10 nitrogen and oxygen atoms in total. The summed E-state index contributed by atoms with van der Waals surface area (Å²) in [5, 5.41) is 21.7. The Labute approximate surface area is 294 Å². The fraction of sp³-hybridized carbons (Fsp3) is 0.294. The second-order valence-electron chi connectivity index (χ2n) is 13.0. The molecule has 2 aliphatic carbocycles. The molecule has 51 heavy (non-hydrogen) atoms. The van der Waals surface area contributed by atoms with E-state index in [0.717, 1.165) is 17.0 Å². The maximum atomic E-state index is 15.2. The van der Waals surface area contributed by atoms with E-state index in [4.69, 9.17) is 23.2 Å². The molecule has 1 N–H and O–H groups in total. The Bertz CT molecular complexity index is 2150. The zero-order valence-electron chi connectivity index (χ0n) is 26.1. The van der Waals surface area contributed by atoms with Crippen LogP contribution >= 0.6 is 23.2 Å². The number of hydrogen-bond donors (Lipinski definition) is 1. The lowest BCUT2D eigenvalue weighted by molar-refractivity contribution is -0.384. The molecule has 6 unspecified atom stereocenters. The van der Waals surface area contributed by atoms with Gasteiger partial charge in [-0.25, -0.2) is 26.9 Å². The molecule has 0 bridgehead atoms. The van der Waals surface area contributed by atoms with Crippen molar-refractivity contribution in [3.8, 4) is 5.75 Å². The van der Waals surface area contributed by atoms with Crippen molar-refractivity contribution in [2.75, 3.05) is 9.80 Å². The van der Waals surface area contributed by atoms with Gasteiger partial charge in [-0.3, -0.25) is 34.2 Å². The van der Waals surface area contributed by atoms with E-state index in [2.05, 4.69) is 0 Å². The highest BCUT2D eigenvalue weighted by Crippen LogP contribution is 2.66. The number of aryl methyl sites for hydroxylation is 2. The summed E-state index contributed by atoms with van der Waals surface area (Å²) in [5.41, 5.74) is -1.25. The number of benzene rings is 3. The fourth-order valence-electron chi connectivity index (χ4n) is 8.07. The van der Waals surface area contributed by atoms with Crippen molar-refractivity contribution >= 4 is 63.9 Å². The number of hydrogen-bond acceptors (Lipinski definition) is 7. The number of nitro groups is 1. The molecule has 2 heterocycles. The largest absolute Gasteiger partial charge is 0.507 e. The van der Waals surface area contributed by atoms with Crippen LogP contribution in [0.5, 0.6) is 5.75 Å². The minimum Gasteiger partial charge on any atom is -0.507 e. The molecule has 6 atom stereocenters. The highest BCUT2D eigenvalue weighted by Gasteiger charge is 2.77. The number of aromatic hydroxyl groups is 1. The third-order valence-corrected chi connectivity index (χ3v) is 11.8. The summed E-state index contributed by atoms with van der Waals surface area (Å²) in [7, 11) is 0. The SMILES string of the molecule is Cc1cc(C2C3=CCC4C(=O)N(c5ccc([N+](=O)[O-])cc5)C(=O)C4C3CC3(Cl)C(=O)N(c4c(F)c(F)c(F)c(F)c4F)C(=O)C23Cl)cc(C)c1O. The summed E-state index contributed by atoms with van der Waals surface area (Å²) in [4.78, 5) is 62.3. The van der Waals surface area contributed by atoms with Crippen LogP contribution in [0.15, 0.2) is 48.0 Å². The van der Waals surface area contributed by atoms with E-state index < -0.39 is 103 Å². The Balaban J connectivity index is 1.42. The number of anilines is 2. The Morgan fingerprint density at radius 2 is 1.37 bits per heavy atom. The third kappa shape index (κ3) is 4.40. The lowest BCUT2D eigenvalue weighted by Crippen LogP contribution is -2.60. The predicted octanol–water partition coefficient (Wildman–Crippen LogP) is 6.38. The number of halogens is 7. The number of phenols is 1. The molecule has 3 fully saturated rings. The van der Waals surface area contributed by atoms with Crippen molar-refractivity contribution in [2.24, 2.45) is 17.8 Å². The Morgan fingerprint density at radius 1 is 0.824 bits per heavy atom. The number of carbonyl (C=O) groups is 4. The van der Waals surface area contributed by atoms with Gasteiger partial charge in [0.15, 0.2) is 33.0 Å². The van der Waals surface area contributed by atoms with Crippen LogP contribution in [0.1, 0.15) is 35.4 Å². The van der Waals surface area contributed by atoms with Gasteiger partial charge in [-0.1, -0.05) is 23.8 Å². The van der Waals surface area contributed by atoms with Crippen LogP contribution in [0.25, 0.3) is 0 Å². The normalized spacial score (nSPS) is 28.5. The van der Waals surface area contributed by atoms with Gasteiger partial charge in [0.2, 0.25) is 17.6 Å². The molecule has 4 aliphatic rings. The van der Waals surface area contributed by atoms with Gasteiger partial charge in [-0.15, -0.1) is 23.2 Å². The van der Waals surface area contributed by atoms with Gasteiger partial charge in [0.1, 0.15) is 11.4 Å². The van der Waals surface area contributed by atoms with Gasteiger partial charge in [-0.05, 0) is 61.4 Å². The minimum absolute atomic E-state index is 0.0144. The number of nitro benzene ring substituents is 1. The van der Waals surface area contributed by atoms with Crippen LogP contribution in [0.2, 0.25) is 0 Å². The lowest BCUT2D eigenvalue weighted by atomic mass is 9.56. The quantitative estimate of drug-likeness (QED) is 0.0478. The minimum atomic E-state index is -2.71. The molecule has 17 heteroatoms. The number of nitrogens with zero attached hydrogens (tertiary/aromatic N) is 3. The standard InChI is InChI=1S/C34H22Cl2F5N3O7/c1-12-9-14(10-13(2)28(12)45)21-17-7-8-18-20(30(47)42(29(18)46)15-3-5-16(6-4-15)44(50)51)19(17)11-33(35)31(48)43(32(49)34(21,33)36)27-25(40)23(38)22(37)24(39)26(27)41/h3-7,9-10,18-21,45H,8,11H2,1-2H3. The molecule has 2 aliphatic heterocycles. The van der Waals surface area contributed by atoms with Gasteiger partial charge in [-0.2, -0.15) is 0 Å². The second-order valence-corrected chi connectivity index (χ2v) is 14.2. The number of alkyl halides is 2. The van der Waals surface area contributed by atoms with E-state index in [1.807, 2.05) is 0 Å². The van der Waals surface area contributed by atoms with Crippen molar-refractivity contribution < 1.29 is 51.2 Å². The van der Waals surface area contributed by atoms with E-state index in [9.17, 15) is 47.6 Å². The molecule has 264 valence electrons. The number of allylic oxidation sites excluding steroid dienone is 2. The summed E-state index contributed by atoms with van der Waals surface area (Å²) < 4.78 is 73.3. The first-order valence-electron chi connectivity index (χ1n) is 15.3. The fourth-order valence-corrected chi connectivity index (χ4v) is 9.01. The summed E-state index contributed by atoms with van der Waals surface area (Å²) in [6.07, 6.45) is 0.752. The van der Waals surface area contributed by atoms with Crippen LogP contribution in [-0.2, 0) is 19.2 Å². The van der Waals surface area contributed by atoms with Crippen LogP contribution in [0.3, 0.4) is 0 Å². The second kappa shape index (κ2) is 11.3. The zero-order valence-corrected chi connectivity index (χ0v) is 27.7. The van der Waals surface area contributed by atoms with Gasteiger partial charge in [0.05, 0.1) is 22.4 Å². The molecule has 3 aromatic carbocycles. The zero-order chi connectivity index (χ0) is 37.2.